The number of hydrogen-bond acceptors (Lipinski definition) is 6. The van der Waals surface area contributed by atoms with Crippen LogP contribution in [0.25, 0.3) is 0 Å². The molecule has 1 fully saturated rings. The first-order chi connectivity index (χ1) is 14.3. The number of amides is 1. The Morgan fingerprint density at radius 1 is 1.23 bits per heavy atom. The predicted octanol–water partition coefficient (Wildman–Crippen LogP) is 1.49. The number of carbonyl (C=O) groups is 1. The molecule has 1 amide bonds. The van der Waals surface area contributed by atoms with Crippen LogP contribution in [0, 0.1) is 13.8 Å². The Morgan fingerprint density at radius 3 is 2.67 bits per heavy atom. The number of pyridine rings is 1. The zero-order valence-electron chi connectivity index (χ0n) is 18.3. The Hall–Kier alpha value is -2.58. The number of likely N-dealkylation sites (N-methyl/N-ethyl adjacent to an activating group) is 1. The number of ether oxygens (including phenoxy) is 1. The molecule has 3 heterocycles. The van der Waals surface area contributed by atoms with Gasteiger partial charge in [0, 0.05) is 38.6 Å². The van der Waals surface area contributed by atoms with Gasteiger partial charge in [-0.1, -0.05) is 0 Å². The van der Waals surface area contributed by atoms with Gasteiger partial charge in [-0.3, -0.25) is 19.6 Å². The van der Waals surface area contributed by atoms with Gasteiger partial charge in [0.2, 0.25) is 0 Å². The van der Waals surface area contributed by atoms with Gasteiger partial charge in [0.25, 0.3) is 11.5 Å². The summed E-state index contributed by atoms with van der Waals surface area (Å²) in [6.07, 6.45) is 7.02. The fourth-order valence-electron chi connectivity index (χ4n) is 3.51. The van der Waals surface area contributed by atoms with Gasteiger partial charge in [-0.15, -0.1) is 0 Å². The molecule has 3 rings (SSSR count). The SMILES string of the molecule is Cc1cnc(Cn2ccc(C)c(C(=O)N(CCN(C)C)CC3CCCO3)c2=O)cn1. The second-order valence-corrected chi connectivity index (χ2v) is 8.15. The van der Waals surface area contributed by atoms with Gasteiger partial charge in [0.15, 0.2) is 0 Å². The Bertz CT molecular complexity index is 917. The summed E-state index contributed by atoms with van der Waals surface area (Å²) in [6, 6.07) is 1.81. The van der Waals surface area contributed by atoms with Gasteiger partial charge >= 0.3 is 0 Å². The van der Waals surface area contributed by atoms with E-state index in [0.717, 1.165) is 31.7 Å². The fraction of sp³-hybridized carbons (Fsp3) is 0.545. The Labute approximate surface area is 177 Å². The molecule has 162 valence electrons. The molecule has 1 unspecified atom stereocenters. The highest BCUT2D eigenvalue weighted by Gasteiger charge is 2.26. The largest absolute Gasteiger partial charge is 0.376 e. The van der Waals surface area contributed by atoms with Crippen LogP contribution in [-0.4, -0.2) is 76.7 Å². The van der Waals surface area contributed by atoms with Gasteiger partial charge in [-0.25, -0.2) is 0 Å². The van der Waals surface area contributed by atoms with E-state index in [9.17, 15) is 9.59 Å². The van der Waals surface area contributed by atoms with Crippen molar-refractivity contribution in [2.45, 2.75) is 39.3 Å². The maximum absolute atomic E-state index is 13.4. The molecule has 1 saturated heterocycles. The molecule has 0 bridgehead atoms. The predicted molar refractivity (Wildman–Crippen MR) is 115 cm³/mol. The van der Waals surface area contributed by atoms with Crippen molar-refractivity contribution >= 4 is 5.91 Å². The minimum absolute atomic E-state index is 0.0326. The quantitative estimate of drug-likeness (QED) is 0.652. The second kappa shape index (κ2) is 9.95. The highest BCUT2D eigenvalue weighted by Crippen LogP contribution is 2.15. The molecule has 30 heavy (non-hydrogen) atoms. The Kier molecular flexibility index (Phi) is 7.33. The maximum atomic E-state index is 13.4. The summed E-state index contributed by atoms with van der Waals surface area (Å²) >= 11 is 0. The van der Waals surface area contributed by atoms with Crippen LogP contribution >= 0.6 is 0 Å². The summed E-state index contributed by atoms with van der Waals surface area (Å²) in [5.41, 5.74) is 2.09. The summed E-state index contributed by atoms with van der Waals surface area (Å²) in [5, 5.41) is 0. The fourth-order valence-corrected chi connectivity index (χ4v) is 3.51. The molecule has 0 aromatic carbocycles. The lowest BCUT2D eigenvalue weighted by atomic mass is 10.1. The molecule has 0 aliphatic carbocycles. The van der Waals surface area contributed by atoms with Gasteiger partial charge in [0.05, 0.1) is 30.2 Å². The second-order valence-electron chi connectivity index (χ2n) is 8.15. The number of nitrogens with zero attached hydrogens (tertiary/aromatic N) is 5. The van der Waals surface area contributed by atoms with Gasteiger partial charge in [0.1, 0.15) is 5.56 Å². The minimum atomic E-state index is -0.301. The van der Waals surface area contributed by atoms with Crippen LogP contribution < -0.4 is 5.56 Å². The van der Waals surface area contributed by atoms with Crippen molar-refractivity contribution in [2.24, 2.45) is 0 Å². The molecule has 0 radical (unpaired) electrons. The molecule has 0 N–H and O–H groups in total. The molecule has 2 aromatic heterocycles. The average molecular weight is 414 g/mol. The van der Waals surface area contributed by atoms with E-state index in [4.69, 9.17) is 4.74 Å². The monoisotopic (exact) mass is 413 g/mol. The summed E-state index contributed by atoms with van der Waals surface area (Å²) < 4.78 is 7.27. The third kappa shape index (κ3) is 5.52. The van der Waals surface area contributed by atoms with Gasteiger partial charge in [-0.05, 0) is 52.4 Å². The molecular formula is C22H31N5O3. The molecule has 8 heteroatoms. The van der Waals surface area contributed by atoms with Crippen molar-refractivity contribution in [3.63, 3.8) is 0 Å². The van der Waals surface area contributed by atoms with E-state index in [1.165, 1.54) is 4.57 Å². The zero-order chi connectivity index (χ0) is 21.7. The van der Waals surface area contributed by atoms with Crippen LogP contribution in [0.15, 0.2) is 29.5 Å². The van der Waals surface area contributed by atoms with E-state index in [1.807, 2.05) is 32.0 Å². The van der Waals surface area contributed by atoms with E-state index >= 15 is 0 Å². The van der Waals surface area contributed by atoms with E-state index < -0.39 is 0 Å². The van der Waals surface area contributed by atoms with Crippen molar-refractivity contribution in [1.82, 2.24) is 24.3 Å². The van der Waals surface area contributed by atoms with Gasteiger partial charge in [-0.2, -0.15) is 0 Å². The summed E-state index contributed by atoms with van der Waals surface area (Å²) in [5.74, 6) is -0.237. The lowest BCUT2D eigenvalue weighted by Gasteiger charge is -2.27. The molecule has 1 atom stereocenters. The molecule has 2 aromatic rings. The topological polar surface area (TPSA) is 80.6 Å². The standard InChI is InChI=1S/C22H31N5O3/c1-16-7-8-26(14-18-13-23-17(2)12-24-18)21(28)20(16)22(29)27(10-9-25(3)4)15-19-6-5-11-30-19/h7-8,12-13,19H,5-6,9-11,14-15H2,1-4H3. The number of hydrogen-bond donors (Lipinski definition) is 0. The maximum Gasteiger partial charge on any atom is 0.264 e. The van der Waals surface area contributed by atoms with Crippen molar-refractivity contribution < 1.29 is 9.53 Å². The van der Waals surface area contributed by atoms with E-state index in [0.29, 0.717) is 24.3 Å². The Balaban J connectivity index is 1.87. The van der Waals surface area contributed by atoms with Crippen molar-refractivity contribution in [1.29, 1.82) is 0 Å². The first-order valence-electron chi connectivity index (χ1n) is 10.4. The van der Waals surface area contributed by atoms with Crippen LogP contribution in [0.3, 0.4) is 0 Å². The van der Waals surface area contributed by atoms with Crippen molar-refractivity contribution in [3.8, 4) is 0 Å². The normalized spacial score (nSPS) is 16.2. The summed E-state index contributed by atoms with van der Waals surface area (Å²) in [4.78, 5) is 39.0. The minimum Gasteiger partial charge on any atom is -0.376 e. The van der Waals surface area contributed by atoms with E-state index in [1.54, 1.807) is 30.4 Å². The first-order valence-corrected chi connectivity index (χ1v) is 10.4. The van der Waals surface area contributed by atoms with Crippen LogP contribution in [0.1, 0.15) is 40.2 Å². The summed E-state index contributed by atoms with van der Waals surface area (Å²) in [7, 11) is 3.94. The molecule has 0 saturated carbocycles. The Morgan fingerprint density at radius 2 is 2.03 bits per heavy atom. The zero-order valence-corrected chi connectivity index (χ0v) is 18.3. The molecular weight excluding hydrogens is 382 g/mol. The van der Waals surface area contributed by atoms with Crippen molar-refractivity contribution in [2.75, 3.05) is 40.3 Å². The van der Waals surface area contributed by atoms with Crippen LogP contribution in [-0.2, 0) is 11.3 Å². The number of rotatable bonds is 8. The van der Waals surface area contributed by atoms with Crippen LogP contribution in [0.4, 0.5) is 0 Å². The molecule has 1 aliphatic rings. The van der Waals surface area contributed by atoms with E-state index in [-0.39, 0.29) is 29.7 Å². The molecule has 0 spiro atoms. The highest BCUT2D eigenvalue weighted by molar-refractivity contribution is 5.95. The van der Waals surface area contributed by atoms with Crippen molar-refractivity contribution in [3.05, 3.63) is 57.5 Å². The lowest BCUT2D eigenvalue weighted by molar-refractivity contribution is 0.0509. The number of aromatic nitrogens is 3. The average Bonchev–Trinajstić information content (AvgIpc) is 3.22. The van der Waals surface area contributed by atoms with Crippen LogP contribution in [0.5, 0.6) is 0 Å². The first kappa shape index (κ1) is 22.1. The lowest BCUT2D eigenvalue weighted by Crippen LogP contribution is -2.44. The van der Waals surface area contributed by atoms with Gasteiger partial charge < -0.3 is 19.1 Å². The molecule has 1 aliphatic heterocycles. The van der Waals surface area contributed by atoms with E-state index in [2.05, 4.69) is 9.97 Å². The smallest absolute Gasteiger partial charge is 0.264 e. The third-order valence-electron chi connectivity index (χ3n) is 5.31. The highest BCUT2D eigenvalue weighted by atomic mass is 16.5. The third-order valence-corrected chi connectivity index (χ3v) is 5.31. The van der Waals surface area contributed by atoms with Crippen LogP contribution in [0.2, 0.25) is 0 Å². The number of aryl methyl sites for hydroxylation is 2. The molecule has 8 nitrogen and oxygen atoms in total. The number of carbonyl (C=O) groups excluding carboxylic acids is 1. The summed E-state index contributed by atoms with van der Waals surface area (Å²) in [6.45, 7) is 6.44.